The Labute approximate surface area is 166 Å². The Hall–Kier alpha value is -0.650. The van der Waals surface area contributed by atoms with Crippen molar-refractivity contribution in [3.8, 4) is 0 Å². The van der Waals surface area contributed by atoms with Crippen molar-refractivity contribution >= 4 is 5.97 Å². The number of rotatable bonds is 5. The number of carboxylic acid groups (broad SMARTS) is 1. The lowest BCUT2D eigenvalue weighted by molar-refractivity contribution is -0.139. The minimum Gasteiger partial charge on any atom is -0.480 e. The van der Waals surface area contributed by atoms with Crippen molar-refractivity contribution in [2.24, 2.45) is 34.1 Å². The summed E-state index contributed by atoms with van der Waals surface area (Å²) in [6.45, 7) is 11.0. The van der Waals surface area contributed by atoms with Crippen molar-refractivity contribution < 1.29 is 9.90 Å². The van der Waals surface area contributed by atoms with E-state index in [1.54, 1.807) is 0 Å². The zero-order chi connectivity index (χ0) is 20.1. The zero-order valence-electron chi connectivity index (χ0n) is 17.9. The highest BCUT2D eigenvalue weighted by Crippen LogP contribution is 2.45. The maximum atomic E-state index is 10.6. The third-order valence-electron chi connectivity index (χ3n) is 7.50. The number of hydrogen-bond acceptors (Lipinski definition) is 4. The number of carbonyl (C=O) groups is 1. The number of nitrogens with zero attached hydrogens (tertiary/aromatic N) is 1. The summed E-state index contributed by atoms with van der Waals surface area (Å²) < 4.78 is 0. The number of carboxylic acids is 1. The zero-order valence-corrected chi connectivity index (χ0v) is 17.9. The van der Waals surface area contributed by atoms with Crippen molar-refractivity contribution in [1.29, 1.82) is 0 Å². The molecule has 5 N–H and O–H groups in total. The summed E-state index contributed by atoms with van der Waals surface area (Å²) in [7, 11) is 0. The fraction of sp³-hybridized carbons (Fsp3) is 0.955. The van der Waals surface area contributed by atoms with E-state index < -0.39 is 12.0 Å². The summed E-state index contributed by atoms with van der Waals surface area (Å²) in [6.07, 6.45) is 11.5. The van der Waals surface area contributed by atoms with Gasteiger partial charge in [0, 0.05) is 19.6 Å². The van der Waals surface area contributed by atoms with Crippen LogP contribution in [0.3, 0.4) is 0 Å². The van der Waals surface area contributed by atoms with Crippen LogP contribution in [0, 0.1) is 22.7 Å². The van der Waals surface area contributed by atoms with Crippen LogP contribution >= 0.6 is 0 Å². The molecule has 0 amide bonds. The van der Waals surface area contributed by atoms with Crippen LogP contribution in [-0.2, 0) is 4.79 Å². The molecular formula is C22H43N3O2. The van der Waals surface area contributed by atoms with E-state index in [1.807, 2.05) is 0 Å². The molecule has 1 unspecified atom stereocenters. The van der Waals surface area contributed by atoms with E-state index >= 15 is 0 Å². The van der Waals surface area contributed by atoms with Crippen LogP contribution in [0.5, 0.6) is 0 Å². The Morgan fingerprint density at radius 3 is 2.00 bits per heavy atom. The highest BCUT2D eigenvalue weighted by atomic mass is 16.4. The minimum absolute atomic E-state index is 0.479. The van der Waals surface area contributed by atoms with Crippen LogP contribution in [0.15, 0.2) is 0 Å². The molecule has 5 heteroatoms. The average molecular weight is 382 g/mol. The molecule has 3 fully saturated rings. The van der Waals surface area contributed by atoms with E-state index in [2.05, 4.69) is 25.7 Å². The lowest BCUT2D eigenvalue weighted by Crippen LogP contribution is -2.58. The van der Waals surface area contributed by atoms with Gasteiger partial charge in [-0.05, 0) is 61.3 Å². The van der Waals surface area contributed by atoms with E-state index in [-0.39, 0.29) is 0 Å². The maximum absolute atomic E-state index is 10.6. The molecule has 1 saturated heterocycles. The largest absolute Gasteiger partial charge is 0.480 e. The molecular weight excluding hydrogens is 338 g/mol. The molecule has 1 heterocycles. The first-order chi connectivity index (χ1) is 12.7. The summed E-state index contributed by atoms with van der Waals surface area (Å²) in [4.78, 5) is 13.0. The number of likely N-dealkylation sites (tertiary alicyclic amines) is 1. The Balaban J connectivity index is 0.000000223. The van der Waals surface area contributed by atoms with Gasteiger partial charge in [0.05, 0.1) is 0 Å². The average Bonchev–Trinajstić information content (AvgIpc) is 2.62. The van der Waals surface area contributed by atoms with E-state index in [4.69, 9.17) is 16.6 Å². The second-order valence-corrected chi connectivity index (χ2v) is 10.3. The fourth-order valence-corrected chi connectivity index (χ4v) is 4.86. The Morgan fingerprint density at radius 1 is 1.07 bits per heavy atom. The summed E-state index contributed by atoms with van der Waals surface area (Å²) in [5.74, 6) is 0.960. The van der Waals surface area contributed by atoms with Gasteiger partial charge >= 0.3 is 5.97 Å². The third-order valence-corrected chi connectivity index (χ3v) is 7.50. The van der Waals surface area contributed by atoms with Gasteiger partial charge in [-0.25, -0.2) is 0 Å². The highest BCUT2D eigenvalue weighted by molar-refractivity contribution is 5.72. The fourth-order valence-electron chi connectivity index (χ4n) is 4.86. The van der Waals surface area contributed by atoms with Gasteiger partial charge < -0.3 is 21.5 Å². The smallest absolute Gasteiger partial charge is 0.320 e. The standard InChI is InChI=1S/C13H24N2O2.C9H19N/c1-10-2-5-13(6-3-10)8-15(9-13)7-4-11(14)12(16)17;1-8-3-5-9(2,7-10)6-4-8/h10-11H,2-9,14H2,1H3,(H,16,17);8H,3-7,10H2,1-2H3. The topological polar surface area (TPSA) is 92.6 Å². The van der Waals surface area contributed by atoms with Crippen molar-refractivity contribution in [2.75, 3.05) is 26.2 Å². The minimum atomic E-state index is -0.883. The van der Waals surface area contributed by atoms with Gasteiger partial charge in [0.1, 0.15) is 6.04 Å². The SMILES string of the molecule is CC1CCC(C)(CN)CC1.CC1CCC2(CC1)CN(CCC(N)C(=O)O)C2. The molecule has 3 aliphatic rings. The van der Waals surface area contributed by atoms with E-state index in [0.29, 0.717) is 17.3 Å². The third kappa shape index (κ3) is 6.72. The summed E-state index contributed by atoms with van der Waals surface area (Å²) >= 11 is 0. The first-order valence-electron chi connectivity index (χ1n) is 11.1. The first-order valence-corrected chi connectivity index (χ1v) is 11.1. The van der Waals surface area contributed by atoms with Gasteiger partial charge in [0.2, 0.25) is 0 Å². The van der Waals surface area contributed by atoms with Gasteiger partial charge in [-0.15, -0.1) is 0 Å². The normalized spacial score (nSPS) is 32.3. The van der Waals surface area contributed by atoms with E-state index in [0.717, 1.165) is 38.0 Å². The van der Waals surface area contributed by atoms with Gasteiger partial charge in [0.25, 0.3) is 0 Å². The van der Waals surface area contributed by atoms with Crippen molar-refractivity contribution in [2.45, 2.75) is 84.6 Å². The lowest BCUT2D eigenvalue weighted by atomic mass is 9.66. The lowest BCUT2D eigenvalue weighted by Gasteiger charge is -2.53. The second-order valence-electron chi connectivity index (χ2n) is 10.3. The monoisotopic (exact) mass is 381 g/mol. The molecule has 2 aliphatic carbocycles. The number of nitrogens with two attached hydrogens (primary N) is 2. The summed E-state index contributed by atoms with van der Waals surface area (Å²) in [5.41, 5.74) is 12.2. The Kier molecular flexibility index (Phi) is 8.14. The first kappa shape index (κ1) is 22.6. The quantitative estimate of drug-likeness (QED) is 0.678. The Morgan fingerprint density at radius 2 is 1.56 bits per heavy atom. The summed E-state index contributed by atoms with van der Waals surface area (Å²) in [5, 5.41) is 8.71. The maximum Gasteiger partial charge on any atom is 0.320 e. The van der Waals surface area contributed by atoms with Gasteiger partial charge in [-0.2, -0.15) is 0 Å². The Bertz CT molecular complexity index is 458. The molecule has 2 saturated carbocycles. The van der Waals surface area contributed by atoms with Crippen LogP contribution < -0.4 is 11.5 Å². The molecule has 0 radical (unpaired) electrons. The molecule has 158 valence electrons. The predicted octanol–water partition coefficient (Wildman–Crippen LogP) is 3.46. The molecule has 1 atom stereocenters. The highest BCUT2D eigenvalue weighted by Gasteiger charge is 2.44. The van der Waals surface area contributed by atoms with Crippen molar-refractivity contribution in [1.82, 2.24) is 4.90 Å². The number of aliphatic carboxylic acids is 1. The van der Waals surface area contributed by atoms with Gasteiger partial charge in [-0.1, -0.05) is 46.5 Å². The molecule has 0 aromatic rings. The van der Waals surface area contributed by atoms with E-state index in [1.165, 1.54) is 51.4 Å². The van der Waals surface area contributed by atoms with Crippen LogP contribution in [0.1, 0.15) is 78.6 Å². The molecule has 1 spiro atoms. The van der Waals surface area contributed by atoms with Crippen LogP contribution in [0.25, 0.3) is 0 Å². The van der Waals surface area contributed by atoms with Crippen molar-refractivity contribution in [3.63, 3.8) is 0 Å². The molecule has 3 rings (SSSR count). The molecule has 27 heavy (non-hydrogen) atoms. The predicted molar refractivity (Wildman–Crippen MR) is 112 cm³/mol. The van der Waals surface area contributed by atoms with Crippen molar-refractivity contribution in [3.05, 3.63) is 0 Å². The van der Waals surface area contributed by atoms with Gasteiger partial charge in [0.15, 0.2) is 0 Å². The molecule has 5 nitrogen and oxygen atoms in total. The molecule has 0 aromatic heterocycles. The second kappa shape index (κ2) is 9.71. The molecule has 0 bridgehead atoms. The van der Waals surface area contributed by atoms with E-state index in [9.17, 15) is 4.79 Å². The van der Waals surface area contributed by atoms with Crippen LogP contribution in [-0.4, -0.2) is 48.2 Å². The molecule has 1 aliphatic heterocycles. The molecule has 0 aromatic carbocycles. The summed E-state index contributed by atoms with van der Waals surface area (Å²) in [6, 6.07) is -0.696. The van der Waals surface area contributed by atoms with Crippen LogP contribution in [0.4, 0.5) is 0 Å². The number of hydrogen-bond donors (Lipinski definition) is 3. The van der Waals surface area contributed by atoms with Crippen LogP contribution in [0.2, 0.25) is 0 Å². The van der Waals surface area contributed by atoms with Gasteiger partial charge in [-0.3, -0.25) is 4.79 Å².